The van der Waals surface area contributed by atoms with E-state index in [1.165, 1.54) is 37.7 Å². The van der Waals surface area contributed by atoms with Crippen LogP contribution in [0.1, 0.15) is 89.4 Å². The monoisotopic (exact) mass is 514 g/mol. The number of allylic oxidation sites excluding steroid dienone is 6. The van der Waals surface area contributed by atoms with Crippen LogP contribution < -0.4 is 11.5 Å². The van der Waals surface area contributed by atoms with Crippen molar-refractivity contribution in [1.82, 2.24) is 0 Å². The molecule has 5 aliphatic rings. The van der Waals surface area contributed by atoms with Gasteiger partial charge in [0.25, 0.3) is 0 Å². The third kappa shape index (κ3) is 4.05. The lowest BCUT2D eigenvalue weighted by molar-refractivity contribution is -0.0662. The summed E-state index contributed by atoms with van der Waals surface area (Å²) in [6.07, 6.45) is 19.8. The summed E-state index contributed by atoms with van der Waals surface area (Å²) in [7, 11) is 0. The number of nitrogens with two attached hydrogens (primary N) is 2. The van der Waals surface area contributed by atoms with Crippen LogP contribution in [0, 0.1) is 46.3 Å². The highest BCUT2D eigenvalue weighted by molar-refractivity contribution is 5.91. The van der Waals surface area contributed by atoms with Gasteiger partial charge in [0.15, 0.2) is 0 Å². The maximum atomic E-state index is 12.9. The molecule has 0 bridgehead atoms. The van der Waals surface area contributed by atoms with E-state index in [0.717, 1.165) is 37.0 Å². The number of carbonyl (C=O) groups excluding carboxylic acids is 1. The van der Waals surface area contributed by atoms with Crippen molar-refractivity contribution >= 4 is 17.3 Å². The average molecular weight is 515 g/mol. The Morgan fingerprint density at radius 1 is 1.13 bits per heavy atom. The standard InChI is InChI=1S/C34H46N2O2/c1-20(2)6-5-7-21(3)29-10-11-30-28-9-8-24-16-27(38-32(37)22-14-25(35)17-26(36)15-22)12-13-34(24)19-23(31(28)34)18-33(29,30)4/h6,8-9,14-15,17,19,21,24,27-31H,5,7,10-13,16,18,35-36H2,1-4H3. The number of esters is 1. The van der Waals surface area contributed by atoms with Crippen LogP contribution in [0.2, 0.25) is 0 Å². The van der Waals surface area contributed by atoms with E-state index in [4.69, 9.17) is 16.2 Å². The second-order valence-electron chi connectivity index (χ2n) is 13.9. The second-order valence-corrected chi connectivity index (χ2v) is 13.9. The van der Waals surface area contributed by atoms with Crippen molar-refractivity contribution in [3.05, 3.63) is 59.2 Å². The molecule has 4 heteroatoms. The zero-order chi connectivity index (χ0) is 26.8. The Labute approximate surface area is 229 Å². The fourth-order valence-electron chi connectivity index (χ4n) is 9.84. The number of benzene rings is 1. The number of rotatable bonds is 6. The second kappa shape index (κ2) is 9.31. The number of ether oxygens (including phenoxy) is 1. The van der Waals surface area contributed by atoms with Gasteiger partial charge in [0.1, 0.15) is 6.10 Å². The highest BCUT2D eigenvalue weighted by Crippen LogP contribution is 2.73. The van der Waals surface area contributed by atoms with Crippen molar-refractivity contribution in [2.45, 2.75) is 85.2 Å². The highest BCUT2D eigenvalue weighted by Gasteiger charge is 2.65. The molecule has 6 rings (SSSR count). The molecule has 3 fully saturated rings. The van der Waals surface area contributed by atoms with Crippen LogP contribution in [0.5, 0.6) is 0 Å². The average Bonchev–Trinajstić information content (AvgIpc) is 3.19. The van der Waals surface area contributed by atoms with Crippen LogP contribution in [0.3, 0.4) is 0 Å². The maximum absolute atomic E-state index is 12.9. The van der Waals surface area contributed by atoms with Crippen molar-refractivity contribution in [3.63, 3.8) is 0 Å². The van der Waals surface area contributed by atoms with Crippen LogP contribution in [0.25, 0.3) is 0 Å². The fraction of sp³-hybridized carbons (Fsp3) is 0.618. The molecule has 0 heterocycles. The van der Waals surface area contributed by atoms with Crippen molar-refractivity contribution < 1.29 is 9.53 Å². The molecule has 0 aromatic heterocycles. The number of fused-ring (bicyclic) bond motifs is 2. The molecular formula is C34H46N2O2. The van der Waals surface area contributed by atoms with Gasteiger partial charge in [-0.3, -0.25) is 0 Å². The van der Waals surface area contributed by atoms with Crippen LogP contribution >= 0.6 is 0 Å². The van der Waals surface area contributed by atoms with Crippen LogP contribution in [-0.2, 0) is 4.74 Å². The van der Waals surface area contributed by atoms with Gasteiger partial charge in [0, 0.05) is 16.8 Å². The van der Waals surface area contributed by atoms with E-state index in [1.807, 2.05) is 0 Å². The molecule has 1 aromatic rings. The lowest BCUT2D eigenvalue weighted by Crippen LogP contribution is -2.58. The Morgan fingerprint density at radius 2 is 1.89 bits per heavy atom. The third-order valence-electron chi connectivity index (χ3n) is 11.4. The predicted octanol–water partition coefficient (Wildman–Crippen LogP) is 7.72. The molecule has 4 nitrogen and oxygen atoms in total. The van der Waals surface area contributed by atoms with Gasteiger partial charge in [-0.2, -0.15) is 0 Å². The first-order valence-corrected chi connectivity index (χ1v) is 15.0. The number of anilines is 2. The van der Waals surface area contributed by atoms with Gasteiger partial charge in [-0.15, -0.1) is 0 Å². The van der Waals surface area contributed by atoms with E-state index < -0.39 is 0 Å². The largest absolute Gasteiger partial charge is 0.459 e. The van der Waals surface area contributed by atoms with E-state index in [1.54, 1.807) is 23.8 Å². The molecule has 9 atom stereocenters. The normalized spacial score (nSPS) is 39.1. The summed E-state index contributed by atoms with van der Waals surface area (Å²) < 4.78 is 6.00. The van der Waals surface area contributed by atoms with Crippen molar-refractivity contribution in [1.29, 1.82) is 0 Å². The number of carbonyl (C=O) groups is 1. The molecular weight excluding hydrogens is 468 g/mol. The smallest absolute Gasteiger partial charge is 0.338 e. The molecule has 9 unspecified atom stereocenters. The van der Waals surface area contributed by atoms with Crippen LogP contribution in [0.4, 0.5) is 11.4 Å². The first-order chi connectivity index (χ1) is 18.1. The van der Waals surface area contributed by atoms with Gasteiger partial charge >= 0.3 is 5.97 Å². The minimum Gasteiger partial charge on any atom is -0.459 e. The highest BCUT2D eigenvalue weighted by atomic mass is 16.5. The summed E-state index contributed by atoms with van der Waals surface area (Å²) in [6.45, 7) is 9.59. The van der Waals surface area contributed by atoms with Crippen LogP contribution in [0.15, 0.2) is 53.6 Å². The first kappa shape index (κ1) is 25.8. The third-order valence-corrected chi connectivity index (χ3v) is 11.4. The van der Waals surface area contributed by atoms with E-state index in [9.17, 15) is 4.79 Å². The summed E-state index contributed by atoms with van der Waals surface area (Å²) in [5, 5.41) is 0. The molecule has 4 N–H and O–H groups in total. The van der Waals surface area contributed by atoms with E-state index in [2.05, 4.69) is 52.0 Å². The van der Waals surface area contributed by atoms with Gasteiger partial charge < -0.3 is 16.2 Å². The fourth-order valence-corrected chi connectivity index (χ4v) is 9.84. The van der Waals surface area contributed by atoms with Crippen molar-refractivity contribution in [2.24, 2.45) is 46.3 Å². The summed E-state index contributed by atoms with van der Waals surface area (Å²) in [4.78, 5) is 12.9. The number of hydrogen-bond acceptors (Lipinski definition) is 4. The van der Waals surface area contributed by atoms with Gasteiger partial charge in [-0.05, 0) is 124 Å². The zero-order valence-corrected chi connectivity index (χ0v) is 23.7. The lowest BCUT2D eigenvalue weighted by atomic mass is 9.39. The minimum atomic E-state index is -0.309. The molecule has 38 heavy (non-hydrogen) atoms. The molecule has 204 valence electrons. The topological polar surface area (TPSA) is 78.3 Å². The summed E-state index contributed by atoms with van der Waals surface area (Å²) in [5.74, 6) is 3.98. The van der Waals surface area contributed by atoms with Gasteiger partial charge in [-0.25, -0.2) is 4.79 Å². The summed E-state index contributed by atoms with van der Waals surface area (Å²) in [6, 6.07) is 4.98. The molecule has 3 saturated carbocycles. The van der Waals surface area contributed by atoms with Crippen molar-refractivity contribution in [3.8, 4) is 0 Å². The molecule has 0 saturated heterocycles. The van der Waals surface area contributed by atoms with E-state index in [-0.39, 0.29) is 17.5 Å². The zero-order valence-electron chi connectivity index (χ0n) is 23.7. The molecule has 1 aromatic carbocycles. The Hall–Kier alpha value is -2.49. The van der Waals surface area contributed by atoms with Gasteiger partial charge in [0.05, 0.1) is 5.56 Å². The number of nitrogen functional groups attached to an aromatic ring is 2. The Morgan fingerprint density at radius 3 is 2.63 bits per heavy atom. The van der Waals surface area contributed by atoms with Gasteiger partial charge in [-0.1, -0.05) is 49.3 Å². The summed E-state index contributed by atoms with van der Waals surface area (Å²) >= 11 is 0. The van der Waals surface area contributed by atoms with Crippen LogP contribution in [-0.4, -0.2) is 12.1 Å². The molecule has 5 aliphatic carbocycles. The Balaban J connectivity index is 1.16. The van der Waals surface area contributed by atoms with Gasteiger partial charge in [0.2, 0.25) is 0 Å². The van der Waals surface area contributed by atoms with E-state index >= 15 is 0 Å². The SMILES string of the molecule is CC(C)=CCCC(C)C1CCC2C3C=CC4CC(OC(=O)c5cc(N)cc(N)c5)CCC45C=C(CC12C)C35. The Bertz CT molecular complexity index is 1190. The molecule has 1 spiro atoms. The molecule has 0 aliphatic heterocycles. The predicted molar refractivity (Wildman–Crippen MR) is 155 cm³/mol. The lowest BCUT2D eigenvalue weighted by Gasteiger charge is -2.65. The molecule has 0 radical (unpaired) electrons. The maximum Gasteiger partial charge on any atom is 0.338 e. The molecule has 0 amide bonds. The quantitative estimate of drug-likeness (QED) is 0.231. The number of hydrogen-bond donors (Lipinski definition) is 2. The van der Waals surface area contributed by atoms with E-state index in [0.29, 0.717) is 40.1 Å². The Kier molecular flexibility index (Phi) is 6.31. The van der Waals surface area contributed by atoms with Crippen molar-refractivity contribution in [2.75, 3.05) is 11.5 Å². The minimum absolute atomic E-state index is 0.0502. The summed E-state index contributed by atoms with van der Waals surface area (Å²) in [5.41, 5.74) is 17.1. The first-order valence-electron chi connectivity index (χ1n) is 15.0.